The number of imide groups is 1. The van der Waals surface area contributed by atoms with Crippen molar-refractivity contribution >= 4 is 23.5 Å². The number of hydrogen-bond donors (Lipinski definition) is 2. The summed E-state index contributed by atoms with van der Waals surface area (Å²) in [6.07, 6.45) is 4.79. The first kappa shape index (κ1) is 20.1. The highest BCUT2D eigenvalue weighted by Gasteiger charge is 2.51. The molecule has 0 aromatic heterocycles. The Hall–Kier alpha value is -3.15. The molecule has 0 bridgehead atoms. The first-order chi connectivity index (χ1) is 14.6. The van der Waals surface area contributed by atoms with Crippen molar-refractivity contribution in [3.8, 4) is 0 Å². The quantitative estimate of drug-likeness (QED) is 0.687. The van der Waals surface area contributed by atoms with Crippen LogP contribution < -0.4 is 10.6 Å². The number of anilines is 1. The molecule has 1 saturated carbocycles. The van der Waals surface area contributed by atoms with Crippen LogP contribution in [0.15, 0.2) is 54.6 Å². The molecule has 2 aromatic rings. The van der Waals surface area contributed by atoms with Crippen LogP contribution in [0.2, 0.25) is 0 Å². The average Bonchev–Trinajstić information content (AvgIpc) is 3.30. The van der Waals surface area contributed by atoms with E-state index in [1.54, 1.807) is 0 Å². The summed E-state index contributed by atoms with van der Waals surface area (Å²) in [5, 5.41) is 5.86. The molecule has 0 radical (unpaired) electrons. The molecule has 1 saturated heterocycles. The van der Waals surface area contributed by atoms with Crippen LogP contribution in [-0.2, 0) is 16.0 Å². The van der Waals surface area contributed by atoms with Gasteiger partial charge in [-0.25, -0.2) is 4.79 Å². The molecule has 30 heavy (non-hydrogen) atoms. The van der Waals surface area contributed by atoms with Crippen molar-refractivity contribution in [2.75, 3.05) is 11.9 Å². The molecular formula is C24H27N3O3. The maximum atomic E-state index is 12.7. The summed E-state index contributed by atoms with van der Waals surface area (Å²) < 4.78 is 0. The summed E-state index contributed by atoms with van der Waals surface area (Å²) in [6.45, 7) is 0.269. The SMILES string of the molecule is O=C(CCCN1C(=O)NC2(CCCC2)C1=O)Nc1ccccc1Cc1ccccc1. The van der Waals surface area contributed by atoms with E-state index < -0.39 is 5.54 Å². The summed E-state index contributed by atoms with van der Waals surface area (Å²) >= 11 is 0. The number of carbonyl (C=O) groups excluding carboxylic acids is 3. The second kappa shape index (κ2) is 8.69. The summed E-state index contributed by atoms with van der Waals surface area (Å²) in [6, 6.07) is 17.6. The van der Waals surface area contributed by atoms with Crippen LogP contribution in [0.3, 0.4) is 0 Å². The van der Waals surface area contributed by atoms with Gasteiger partial charge in [-0.05, 0) is 42.9 Å². The van der Waals surface area contributed by atoms with E-state index in [9.17, 15) is 14.4 Å². The van der Waals surface area contributed by atoms with E-state index in [4.69, 9.17) is 0 Å². The Morgan fingerprint density at radius 1 is 1.00 bits per heavy atom. The van der Waals surface area contributed by atoms with Gasteiger partial charge >= 0.3 is 6.03 Å². The highest BCUT2D eigenvalue weighted by atomic mass is 16.2. The molecular weight excluding hydrogens is 378 g/mol. The van der Waals surface area contributed by atoms with Crippen molar-refractivity contribution in [1.82, 2.24) is 10.2 Å². The maximum Gasteiger partial charge on any atom is 0.325 e. The highest BCUT2D eigenvalue weighted by Crippen LogP contribution is 2.35. The van der Waals surface area contributed by atoms with Gasteiger partial charge in [0.1, 0.15) is 5.54 Å². The minimum atomic E-state index is -0.685. The molecule has 4 rings (SSSR count). The van der Waals surface area contributed by atoms with E-state index in [1.165, 1.54) is 10.5 Å². The summed E-state index contributed by atoms with van der Waals surface area (Å²) in [5.41, 5.74) is 2.34. The fourth-order valence-electron chi connectivity index (χ4n) is 4.42. The van der Waals surface area contributed by atoms with Crippen LogP contribution in [0.1, 0.15) is 49.7 Å². The van der Waals surface area contributed by atoms with Gasteiger partial charge in [-0.3, -0.25) is 14.5 Å². The zero-order valence-electron chi connectivity index (χ0n) is 17.0. The minimum absolute atomic E-state index is 0.113. The number of rotatable bonds is 7. The van der Waals surface area contributed by atoms with E-state index in [-0.39, 0.29) is 30.8 Å². The third-order valence-electron chi connectivity index (χ3n) is 6.02. The number of nitrogens with one attached hydrogen (secondary N) is 2. The molecule has 0 atom stereocenters. The van der Waals surface area contributed by atoms with Crippen LogP contribution in [-0.4, -0.2) is 34.8 Å². The second-order valence-corrected chi connectivity index (χ2v) is 8.15. The molecule has 6 nitrogen and oxygen atoms in total. The number of urea groups is 1. The van der Waals surface area contributed by atoms with Gasteiger partial charge in [0, 0.05) is 18.7 Å². The topological polar surface area (TPSA) is 78.5 Å². The second-order valence-electron chi connectivity index (χ2n) is 8.15. The van der Waals surface area contributed by atoms with E-state index in [1.807, 2.05) is 42.5 Å². The van der Waals surface area contributed by atoms with E-state index in [0.29, 0.717) is 19.3 Å². The molecule has 1 aliphatic carbocycles. The van der Waals surface area contributed by atoms with Gasteiger partial charge in [-0.15, -0.1) is 0 Å². The predicted octanol–water partition coefficient (Wildman–Crippen LogP) is 3.86. The van der Waals surface area contributed by atoms with Crippen molar-refractivity contribution in [2.24, 2.45) is 0 Å². The van der Waals surface area contributed by atoms with Gasteiger partial charge in [0.05, 0.1) is 0 Å². The van der Waals surface area contributed by atoms with Crippen LogP contribution in [0.25, 0.3) is 0 Å². The number of para-hydroxylation sites is 1. The van der Waals surface area contributed by atoms with Crippen LogP contribution in [0.4, 0.5) is 10.5 Å². The smallest absolute Gasteiger partial charge is 0.325 e. The first-order valence-corrected chi connectivity index (χ1v) is 10.6. The molecule has 2 N–H and O–H groups in total. The van der Waals surface area contributed by atoms with E-state index >= 15 is 0 Å². The average molecular weight is 405 g/mol. The summed E-state index contributed by atoms with van der Waals surface area (Å²) in [7, 11) is 0. The monoisotopic (exact) mass is 405 g/mol. The van der Waals surface area contributed by atoms with Gasteiger partial charge < -0.3 is 10.6 Å². The van der Waals surface area contributed by atoms with Crippen LogP contribution in [0.5, 0.6) is 0 Å². The van der Waals surface area contributed by atoms with E-state index in [0.717, 1.165) is 30.5 Å². The van der Waals surface area contributed by atoms with Gasteiger partial charge in [0.15, 0.2) is 0 Å². The third-order valence-corrected chi connectivity index (χ3v) is 6.02. The van der Waals surface area contributed by atoms with Gasteiger partial charge in [-0.1, -0.05) is 61.4 Å². The first-order valence-electron chi connectivity index (χ1n) is 10.6. The molecule has 1 spiro atoms. The fourth-order valence-corrected chi connectivity index (χ4v) is 4.42. The lowest BCUT2D eigenvalue weighted by atomic mass is 9.98. The standard InChI is InChI=1S/C24H27N3O3/c28-21(13-8-16-27-22(29)24(26-23(27)30)14-6-7-15-24)25-20-12-5-4-11-19(20)17-18-9-2-1-3-10-18/h1-5,9-12H,6-8,13-17H2,(H,25,28)(H,26,30). The highest BCUT2D eigenvalue weighted by molar-refractivity contribution is 6.07. The van der Waals surface area contributed by atoms with Crippen molar-refractivity contribution in [3.63, 3.8) is 0 Å². The maximum absolute atomic E-state index is 12.7. The number of hydrogen-bond acceptors (Lipinski definition) is 3. The fraction of sp³-hybridized carbons (Fsp3) is 0.375. The normalized spacial score (nSPS) is 17.4. The Labute approximate surface area is 176 Å². The lowest BCUT2D eigenvalue weighted by Crippen LogP contribution is -2.44. The number of benzene rings is 2. The molecule has 2 aromatic carbocycles. The Morgan fingerprint density at radius 2 is 1.70 bits per heavy atom. The lowest BCUT2D eigenvalue weighted by Gasteiger charge is -2.20. The Bertz CT molecular complexity index is 936. The molecule has 1 aliphatic heterocycles. The van der Waals surface area contributed by atoms with Gasteiger partial charge in [0.2, 0.25) is 5.91 Å². The lowest BCUT2D eigenvalue weighted by molar-refractivity contribution is -0.131. The van der Waals surface area contributed by atoms with Crippen molar-refractivity contribution in [1.29, 1.82) is 0 Å². The van der Waals surface area contributed by atoms with Gasteiger partial charge in [-0.2, -0.15) is 0 Å². The Balaban J connectivity index is 1.31. The minimum Gasteiger partial charge on any atom is -0.326 e. The summed E-state index contributed by atoms with van der Waals surface area (Å²) in [5.74, 6) is -0.239. The molecule has 2 fully saturated rings. The third kappa shape index (κ3) is 4.22. The number of nitrogens with zero attached hydrogens (tertiary/aromatic N) is 1. The molecule has 4 amide bonds. The van der Waals surface area contributed by atoms with Crippen LogP contribution >= 0.6 is 0 Å². The molecule has 0 unspecified atom stereocenters. The zero-order valence-corrected chi connectivity index (χ0v) is 17.0. The molecule has 2 aliphatic rings. The van der Waals surface area contributed by atoms with Crippen molar-refractivity contribution < 1.29 is 14.4 Å². The van der Waals surface area contributed by atoms with E-state index in [2.05, 4.69) is 22.8 Å². The molecule has 6 heteroatoms. The number of carbonyl (C=O) groups is 3. The Kier molecular flexibility index (Phi) is 5.84. The predicted molar refractivity (Wildman–Crippen MR) is 115 cm³/mol. The molecule has 156 valence electrons. The number of amides is 4. The summed E-state index contributed by atoms with van der Waals surface area (Å²) in [4.78, 5) is 38.7. The van der Waals surface area contributed by atoms with Crippen molar-refractivity contribution in [3.05, 3.63) is 65.7 Å². The Morgan fingerprint density at radius 3 is 2.47 bits per heavy atom. The van der Waals surface area contributed by atoms with Crippen LogP contribution in [0, 0.1) is 0 Å². The van der Waals surface area contributed by atoms with Gasteiger partial charge in [0.25, 0.3) is 5.91 Å². The van der Waals surface area contributed by atoms with Crippen molar-refractivity contribution in [2.45, 2.75) is 50.5 Å². The molecule has 1 heterocycles. The largest absolute Gasteiger partial charge is 0.326 e. The zero-order chi connectivity index (χ0) is 21.0.